The van der Waals surface area contributed by atoms with Gasteiger partial charge in [-0.3, -0.25) is 4.90 Å². The summed E-state index contributed by atoms with van der Waals surface area (Å²) in [6, 6.07) is 20.8. The summed E-state index contributed by atoms with van der Waals surface area (Å²) >= 11 is 0. The minimum atomic E-state index is -1.32. The van der Waals surface area contributed by atoms with Gasteiger partial charge >= 0.3 is 0 Å². The van der Waals surface area contributed by atoms with E-state index in [-0.39, 0.29) is 5.92 Å². The summed E-state index contributed by atoms with van der Waals surface area (Å²) in [5.41, 5.74) is 3.52. The van der Waals surface area contributed by atoms with Crippen molar-refractivity contribution in [1.82, 2.24) is 4.90 Å². The lowest BCUT2D eigenvalue weighted by molar-refractivity contribution is 0.0428. The molecule has 1 aliphatic rings. The van der Waals surface area contributed by atoms with E-state index in [0.717, 1.165) is 24.9 Å². The number of benzene rings is 2. The number of aryl methyl sites for hydroxylation is 1. The van der Waals surface area contributed by atoms with Crippen molar-refractivity contribution < 1.29 is 8.78 Å². The number of alkyl halides is 2. The Bertz CT molecular complexity index is 739. The molecule has 0 aliphatic heterocycles. The second-order valence-corrected chi connectivity index (χ2v) is 7.56. The maximum atomic E-state index is 13.5. The summed E-state index contributed by atoms with van der Waals surface area (Å²) in [7, 11) is 2.16. The average molecular weight is 385 g/mol. The van der Waals surface area contributed by atoms with Gasteiger partial charge in [0.1, 0.15) is 12.3 Å². The summed E-state index contributed by atoms with van der Waals surface area (Å²) in [5, 5.41) is 7.32. The Hall–Kier alpha value is -2.25. The fraction of sp³-hybridized carbons (Fsp3) is 0.458. The Kier molecular flexibility index (Phi) is 8.60. The van der Waals surface area contributed by atoms with Crippen LogP contribution < -0.4 is 0 Å². The van der Waals surface area contributed by atoms with E-state index in [1.54, 1.807) is 6.07 Å². The van der Waals surface area contributed by atoms with Crippen molar-refractivity contribution in [2.24, 2.45) is 0 Å². The number of nitrogens with zero attached hydrogens (tertiary/aromatic N) is 2. The normalized spacial score (nSPS) is 21.8. The molecular formula is C24H30F2N2. The molecule has 0 amide bonds. The second kappa shape index (κ2) is 10.9. The van der Waals surface area contributed by atoms with Gasteiger partial charge in [-0.15, -0.1) is 0 Å². The lowest BCUT2D eigenvalue weighted by atomic mass is 9.76. The third-order valence-corrected chi connectivity index (χ3v) is 5.49. The molecule has 4 atom stereocenters. The summed E-state index contributed by atoms with van der Waals surface area (Å²) in [6.45, 7) is 4.63. The molecule has 0 radical (unpaired) electrons. The van der Waals surface area contributed by atoms with Crippen LogP contribution in [0.15, 0.2) is 54.6 Å². The molecule has 0 bridgehead atoms. The molecule has 2 aromatic rings. The molecule has 28 heavy (non-hydrogen) atoms. The maximum absolute atomic E-state index is 13.5. The van der Waals surface area contributed by atoms with Crippen LogP contribution in [0.25, 0.3) is 0 Å². The fourth-order valence-electron chi connectivity index (χ4n) is 3.43. The first-order valence-electron chi connectivity index (χ1n) is 9.88. The molecule has 4 unspecified atom stereocenters. The first-order chi connectivity index (χ1) is 13.5. The summed E-state index contributed by atoms with van der Waals surface area (Å²) < 4.78 is 26.5. The van der Waals surface area contributed by atoms with E-state index in [0.29, 0.717) is 12.5 Å². The van der Waals surface area contributed by atoms with Crippen LogP contribution in [0.4, 0.5) is 8.78 Å². The Balaban J connectivity index is 0.000000878. The molecule has 3 rings (SSSR count). The van der Waals surface area contributed by atoms with E-state index in [4.69, 9.17) is 5.26 Å². The van der Waals surface area contributed by atoms with Gasteiger partial charge in [0.25, 0.3) is 0 Å². The first kappa shape index (κ1) is 22.0. The van der Waals surface area contributed by atoms with Crippen LogP contribution in [0.5, 0.6) is 0 Å². The van der Waals surface area contributed by atoms with E-state index >= 15 is 0 Å². The number of hydrogen-bond donors (Lipinski definition) is 0. The molecular weight excluding hydrogens is 354 g/mol. The van der Waals surface area contributed by atoms with Crippen LogP contribution in [-0.2, 0) is 13.0 Å². The van der Waals surface area contributed by atoms with E-state index in [1.165, 1.54) is 18.1 Å². The molecule has 2 aromatic carbocycles. The third-order valence-electron chi connectivity index (χ3n) is 5.49. The maximum Gasteiger partial charge on any atom is 0.138 e. The minimum absolute atomic E-state index is 0.250. The van der Waals surface area contributed by atoms with Gasteiger partial charge in [-0.1, -0.05) is 54.6 Å². The Labute approximate surface area is 167 Å². The molecule has 0 heterocycles. The zero-order chi connectivity index (χ0) is 20.5. The topological polar surface area (TPSA) is 27.0 Å². The number of hydrogen-bond acceptors (Lipinski definition) is 2. The summed E-state index contributed by atoms with van der Waals surface area (Å²) in [5.74, 6) is -0.250. The van der Waals surface area contributed by atoms with Gasteiger partial charge in [0.05, 0.1) is 6.07 Å². The Morgan fingerprint density at radius 3 is 2.21 bits per heavy atom. The highest BCUT2D eigenvalue weighted by molar-refractivity contribution is 5.29. The third kappa shape index (κ3) is 6.14. The van der Waals surface area contributed by atoms with Crippen LogP contribution >= 0.6 is 0 Å². The molecule has 1 saturated carbocycles. The highest BCUT2D eigenvalue weighted by Gasteiger charge is 2.42. The highest BCUT2D eigenvalue weighted by atomic mass is 19.2. The van der Waals surface area contributed by atoms with Gasteiger partial charge in [0.2, 0.25) is 0 Å². The molecule has 4 heteroatoms. The van der Waals surface area contributed by atoms with Gasteiger partial charge in [-0.05, 0) is 49.9 Å². The van der Waals surface area contributed by atoms with Crippen molar-refractivity contribution >= 4 is 0 Å². The SMILES string of the molecule is CC#N.CC(CCc1ccc(C2CC(F)C2F)cc1)N(C)Cc1ccccc1. The largest absolute Gasteiger partial charge is 0.299 e. The van der Waals surface area contributed by atoms with Crippen molar-refractivity contribution in [3.05, 3.63) is 71.3 Å². The molecule has 0 N–H and O–H groups in total. The average Bonchev–Trinajstić information content (AvgIpc) is 2.71. The zero-order valence-electron chi connectivity index (χ0n) is 17.0. The number of nitriles is 1. The van der Waals surface area contributed by atoms with Crippen molar-refractivity contribution in [1.29, 1.82) is 5.26 Å². The summed E-state index contributed by atoms with van der Waals surface area (Å²) in [4.78, 5) is 2.37. The van der Waals surface area contributed by atoms with Crippen molar-refractivity contribution in [2.45, 2.75) is 64.0 Å². The second-order valence-electron chi connectivity index (χ2n) is 7.56. The minimum Gasteiger partial charge on any atom is -0.299 e. The summed E-state index contributed by atoms with van der Waals surface area (Å²) in [6.07, 6.45) is -0.203. The van der Waals surface area contributed by atoms with Gasteiger partial charge in [0, 0.05) is 25.4 Å². The molecule has 150 valence electrons. The zero-order valence-corrected chi connectivity index (χ0v) is 17.0. The fourth-order valence-corrected chi connectivity index (χ4v) is 3.43. The molecule has 0 saturated heterocycles. The quantitative estimate of drug-likeness (QED) is 0.600. The lowest BCUT2D eigenvalue weighted by Crippen LogP contribution is -2.38. The van der Waals surface area contributed by atoms with Crippen LogP contribution in [0.2, 0.25) is 0 Å². The van der Waals surface area contributed by atoms with Crippen LogP contribution in [0.1, 0.15) is 49.3 Å². The smallest absolute Gasteiger partial charge is 0.138 e. The van der Waals surface area contributed by atoms with E-state index in [2.05, 4.69) is 55.3 Å². The van der Waals surface area contributed by atoms with E-state index in [1.807, 2.05) is 18.2 Å². The van der Waals surface area contributed by atoms with Crippen molar-refractivity contribution in [3.8, 4) is 6.07 Å². The molecule has 1 aliphatic carbocycles. The Morgan fingerprint density at radius 2 is 1.68 bits per heavy atom. The highest BCUT2D eigenvalue weighted by Crippen LogP contribution is 2.41. The van der Waals surface area contributed by atoms with Gasteiger partial charge in [0.15, 0.2) is 0 Å². The van der Waals surface area contributed by atoms with Crippen LogP contribution in [-0.4, -0.2) is 30.3 Å². The number of halogens is 2. The number of rotatable bonds is 7. The first-order valence-corrected chi connectivity index (χ1v) is 9.88. The van der Waals surface area contributed by atoms with Gasteiger partial charge in [-0.2, -0.15) is 5.26 Å². The Morgan fingerprint density at radius 1 is 1.07 bits per heavy atom. The van der Waals surface area contributed by atoms with E-state index in [9.17, 15) is 8.78 Å². The van der Waals surface area contributed by atoms with Crippen LogP contribution in [0, 0.1) is 11.3 Å². The molecule has 0 aromatic heterocycles. The van der Waals surface area contributed by atoms with Crippen molar-refractivity contribution in [3.63, 3.8) is 0 Å². The molecule has 2 nitrogen and oxygen atoms in total. The van der Waals surface area contributed by atoms with Crippen LogP contribution in [0.3, 0.4) is 0 Å². The lowest BCUT2D eigenvalue weighted by Gasteiger charge is -2.34. The predicted octanol–water partition coefficient (Wildman–Crippen LogP) is 5.83. The standard InChI is InChI=1S/C22H27F2N.C2H3N/c1-16(25(2)15-18-6-4-3-5-7-18)8-9-17-10-12-19(13-11-17)20-14-21(23)22(20)24;1-2-3/h3-7,10-13,16,20-22H,8-9,14-15H2,1-2H3;1H3. The predicted molar refractivity (Wildman–Crippen MR) is 111 cm³/mol. The van der Waals surface area contributed by atoms with Crippen molar-refractivity contribution in [2.75, 3.05) is 7.05 Å². The molecule has 0 spiro atoms. The van der Waals surface area contributed by atoms with Gasteiger partial charge < -0.3 is 0 Å². The van der Waals surface area contributed by atoms with Gasteiger partial charge in [-0.25, -0.2) is 8.78 Å². The van der Waals surface area contributed by atoms with E-state index < -0.39 is 12.3 Å². The monoisotopic (exact) mass is 384 g/mol. The molecule has 1 fully saturated rings.